The number of pyridine rings is 1. The molecule has 1 aromatic carbocycles. The molecule has 0 bridgehead atoms. The number of methoxy groups -OCH3 is 1. The number of nitrogens with zero attached hydrogens (tertiary/aromatic N) is 4. The molecule has 7 heteroatoms. The normalized spacial score (nSPS) is 10.6. The predicted octanol–water partition coefficient (Wildman–Crippen LogP) is 1.88. The number of hydrogen-bond acceptors (Lipinski definition) is 6. The summed E-state index contributed by atoms with van der Waals surface area (Å²) in [5, 5.41) is 4.28. The molecule has 0 atom stereocenters. The van der Waals surface area contributed by atoms with Crippen LogP contribution in [0, 0.1) is 6.92 Å². The van der Waals surface area contributed by atoms with Crippen molar-refractivity contribution in [2.75, 3.05) is 7.11 Å². The first-order chi connectivity index (χ1) is 11.6. The van der Waals surface area contributed by atoms with Crippen LogP contribution in [0.4, 0.5) is 0 Å². The first kappa shape index (κ1) is 15.8. The largest absolute Gasteiger partial charge is 0.463 e. The summed E-state index contributed by atoms with van der Waals surface area (Å²) >= 11 is 0. The molecule has 0 spiro atoms. The minimum absolute atomic E-state index is 0.00373. The van der Waals surface area contributed by atoms with Crippen LogP contribution >= 0.6 is 0 Å². The van der Waals surface area contributed by atoms with Crippen LogP contribution < -0.4 is 5.73 Å². The molecule has 3 aromatic rings. The summed E-state index contributed by atoms with van der Waals surface area (Å²) in [6.07, 6.45) is 1.70. The second-order valence-electron chi connectivity index (χ2n) is 5.22. The van der Waals surface area contributed by atoms with E-state index in [4.69, 9.17) is 10.5 Å². The highest BCUT2D eigenvalue weighted by Crippen LogP contribution is 2.21. The van der Waals surface area contributed by atoms with Crippen LogP contribution in [0.5, 0.6) is 0 Å². The third-order valence-corrected chi connectivity index (χ3v) is 3.56. The predicted molar refractivity (Wildman–Crippen MR) is 88.6 cm³/mol. The van der Waals surface area contributed by atoms with E-state index >= 15 is 0 Å². The Balaban J connectivity index is 2.13. The van der Waals surface area contributed by atoms with Crippen molar-refractivity contribution in [3.8, 4) is 17.1 Å². The van der Waals surface area contributed by atoms with Gasteiger partial charge in [0.05, 0.1) is 12.8 Å². The van der Waals surface area contributed by atoms with Crippen molar-refractivity contribution in [3.63, 3.8) is 0 Å². The number of rotatable bonds is 4. The van der Waals surface area contributed by atoms with Gasteiger partial charge in [0.15, 0.2) is 5.82 Å². The molecule has 0 aliphatic heterocycles. The molecular weight excluding hydrogens is 306 g/mol. The lowest BCUT2D eigenvalue weighted by atomic mass is 10.2. The van der Waals surface area contributed by atoms with Crippen molar-refractivity contribution in [3.05, 3.63) is 59.7 Å². The molecule has 0 fully saturated rings. The summed E-state index contributed by atoms with van der Waals surface area (Å²) in [4.78, 5) is 20.4. The minimum atomic E-state index is -0.589. The van der Waals surface area contributed by atoms with Crippen molar-refractivity contribution in [1.29, 1.82) is 0 Å². The Morgan fingerprint density at radius 3 is 2.54 bits per heavy atom. The number of aromatic nitrogens is 4. The topological polar surface area (TPSA) is 95.9 Å². The fourth-order valence-corrected chi connectivity index (χ4v) is 2.23. The van der Waals surface area contributed by atoms with Gasteiger partial charge in [0.25, 0.3) is 5.82 Å². The molecule has 7 nitrogen and oxygen atoms in total. The van der Waals surface area contributed by atoms with E-state index in [1.165, 1.54) is 7.11 Å². The van der Waals surface area contributed by atoms with E-state index in [2.05, 4.69) is 15.1 Å². The van der Waals surface area contributed by atoms with E-state index < -0.39 is 5.97 Å². The standard InChI is InChI=1S/C17H17N5O2/c1-11-3-6-13(10-19-11)16-20-15(17(23)24-2)21-22(16)14-7-4-12(9-18)5-8-14/h3-8,10H,9,18H2,1-2H3. The molecule has 0 radical (unpaired) electrons. The van der Waals surface area contributed by atoms with E-state index in [1.807, 2.05) is 43.3 Å². The zero-order valence-corrected chi connectivity index (χ0v) is 13.4. The Bertz CT molecular complexity index is 854. The third-order valence-electron chi connectivity index (χ3n) is 3.56. The van der Waals surface area contributed by atoms with Gasteiger partial charge in [0, 0.05) is 24.0 Å². The highest BCUT2D eigenvalue weighted by molar-refractivity contribution is 5.85. The average molecular weight is 323 g/mol. The number of ether oxygens (including phenoxy) is 1. The molecule has 0 unspecified atom stereocenters. The van der Waals surface area contributed by atoms with Gasteiger partial charge in [-0.2, -0.15) is 0 Å². The lowest BCUT2D eigenvalue weighted by Crippen LogP contribution is -2.05. The number of nitrogens with two attached hydrogens (primary N) is 1. The summed E-state index contributed by atoms with van der Waals surface area (Å²) in [6, 6.07) is 11.3. The number of carbonyl (C=O) groups excluding carboxylic acids is 1. The highest BCUT2D eigenvalue weighted by atomic mass is 16.5. The summed E-state index contributed by atoms with van der Waals surface area (Å²) < 4.78 is 6.32. The van der Waals surface area contributed by atoms with Gasteiger partial charge >= 0.3 is 5.97 Å². The van der Waals surface area contributed by atoms with Gasteiger partial charge in [-0.1, -0.05) is 12.1 Å². The fraction of sp³-hybridized carbons (Fsp3) is 0.176. The van der Waals surface area contributed by atoms with Gasteiger partial charge in [0.2, 0.25) is 0 Å². The number of aryl methyl sites for hydroxylation is 1. The van der Waals surface area contributed by atoms with Crippen molar-refractivity contribution >= 4 is 5.97 Å². The van der Waals surface area contributed by atoms with E-state index in [0.29, 0.717) is 12.4 Å². The summed E-state index contributed by atoms with van der Waals surface area (Å²) in [6.45, 7) is 2.36. The monoisotopic (exact) mass is 323 g/mol. The van der Waals surface area contributed by atoms with Gasteiger partial charge in [-0.3, -0.25) is 4.98 Å². The van der Waals surface area contributed by atoms with Gasteiger partial charge in [-0.05, 0) is 36.8 Å². The molecule has 122 valence electrons. The van der Waals surface area contributed by atoms with E-state index in [1.54, 1.807) is 10.9 Å². The molecule has 0 aliphatic rings. The maximum Gasteiger partial charge on any atom is 0.377 e. The third kappa shape index (κ3) is 3.02. The van der Waals surface area contributed by atoms with Crippen LogP contribution in [0.2, 0.25) is 0 Å². The fourth-order valence-electron chi connectivity index (χ4n) is 2.23. The quantitative estimate of drug-likeness (QED) is 0.737. The Morgan fingerprint density at radius 2 is 1.96 bits per heavy atom. The summed E-state index contributed by atoms with van der Waals surface area (Å²) in [5.74, 6) is -0.0759. The number of benzene rings is 1. The Kier molecular flexibility index (Phi) is 4.35. The molecule has 24 heavy (non-hydrogen) atoms. The van der Waals surface area contributed by atoms with Crippen LogP contribution in [0.15, 0.2) is 42.6 Å². The van der Waals surface area contributed by atoms with Gasteiger partial charge in [-0.25, -0.2) is 14.5 Å². The zero-order chi connectivity index (χ0) is 17.1. The van der Waals surface area contributed by atoms with Crippen LogP contribution in [-0.2, 0) is 11.3 Å². The van der Waals surface area contributed by atoms with Crippen molar-refractivity contribution in [2.24, 2.45) is 5.73 Å². The molecule has 2 heterocycles. The SMILES string of the molecule is COC(=O)c1nc(-c2ccc(C)nc2)n(-c2ccc(CN)cc2)n1. The lowest BCUT2D eigenvalue weighted by Gasteiger charge is -2.06. The Labute approximate surface area is 139 Å². The number of carbonyl (C=O) groups is 1. The Morgan fingerprint density at radius 1 is 1.21 bits per heavy atom. The van der Waals surface area contributed by atoms with E-state index in [9.17, 15) is 4.79 Å². The number of hydrogen-bond donors (Lipinski definition) is 1. The van der Waals surface area contributed by atoms with Crippen molar-refractivity contribution < 1.29 is 9.53 Å². The zero-order valence-electron chi connectivity index (χ0n) is 13.4. The van der Waals surface area contributed by atoms with Crippen molar-refractivity contribution in [1.82, 2.24) is 19.7 Å². The first-order valence-electron chi connectivity index (χ1n) is 7.40. The average Bonchev–Trinajstić information content (AvgIpc) is 3.07. The first-order valence-corrected chi connectivity index (χ1v) is 7.40. The van der Waals surface area contributed by atoms with Crippen molar-refractivity contribution in [2.45, 2.75) is 13.5 Å². The second kappa shape index (κ2) is 6.59. The minimum Gasteiger partial charge on any atom is -0.463 e. The molecule has 2 aromatic heterocycles. The van der Waals surface area contributed by atoms with Crippen LogP contribution in [-0.4, -0.2) is 32.8 Å². The van der Waals surface area contributed by atoms with E-state index in [-0.39, 0.29) is 5.82 Å². The smallest absolute Gasteiger partial charge is 0.377 e. The molecular formula is C17H17N5O2. The highest BCUT2D eigenvalue weighted by Gasteiger charge is 2.19. The molecule has 3 rings (SSSR count). The van der Waals surface area contributed by atoms with Crippen LogP contribution in [0.1, 0.15) is 21.9 Å². The maximum atomic E-state index is 11.8. The summed E-state index contributed by atoms with van der Waals surface area (Å²) in [5.41, 5.74) is 9.05. The van der Waals surface area contributed by atoms with Gasteiger partial charge in [0.1, 0.15) is 0 Å². The molecule has 0 saturated heterocycles. The van der Waals surface area contributed by atoms with Gasteiger partial charge < -0.3 is 10.5 Å². The van der Waals surface area contributed by atoms with Crippen LogP contribution in [0.25, 0.3) is 17.1 Å². The molecule has 0 aliphatic carbocycles. The molecule has 0 saturated carbocycles. The summed E-state index contributed by atoms with van der Waals surface area (Å²) in [7, 11) is 1.30. The lowest BCUT2D eigenvalue weighted by molar-refractivity contribution is 0.0587. The second-order valence-corrected chi connectivity index (χ2v) is 5.22. The molecule has 0 amide bonds. The molecule has 2 N–H and O–H groups in total. The number of esters is 1. The van der Waals surface area contributed by atoms with Crippen LogP contribution in [0.3, 0.4) is 0 Å². The Hall–Kier alpha value is -3.06. The van der Waals surface area contributed by atoms with E-state index in [0.717, 1.165) is 22.5 Å². The maximum absolute atomic E-state index is 11.8. The van der Waals surface area contributed by atoms with Gasteiger partial charge in [-0.15, -0.1) is 5.10 Å².